The quantitative estimate of drug-likeness (QED) is 0.941. The van der Waals surface area contributed by atoms with Gasteiger partial charge in [-0.05, 0) is 31.2 Å². The Morgan fingerprint density at radius 3 is 3.18 bits per heavy atom. The summed E-state index contributed by atoms with van der Waals surface area (Å²) in [5, 5.41) is 4.71. The Hall–Kier alpha value is -1.85. The number of halogens is 1. The van der Waals surface area contributed by atoms with Crippen LogP contribution in [0.4, 0.5) is 0 Å². The highest BCUT2D eigenvalue weighted by molar-refractivity contribution is 6.35. The van der Waals surface area contributed by atoms with E-state index in [0.717, 1.165) is 18.5 Å². The van der Waals surface area contributed by atoms with Crippen molar-refractivity contribution in [1.29, 1.82) is 0 Å². The fraction of sp³-hybridized carbons (Fsp3) is 0.375. The average Bonchev–Trinajstić information content (AvgIpc) is 2.55. The van der Waals surface area contributed by atoms with E-state index in [2.05, 4.69) is 10.3 Å². The lowest BCUT2D eigenvalue weighted by Gasteiger charge is -2.33. The molecule has 22 heavy (non-hydrogen) atoms. The first kappa shape index (κ1) is 15.1. The SMILES string of the molecule is C[C@H]1CNCCN1C(=O)COc1ccc(Cl)c2cccnc12. The maximum atomic E-state index is 12.3. The van der Waals surface area contributed by atoms with Gasteiger partial charge in [0.2, 0.25) is 0 Å². The van der Waals surface area contributed by atoms with Gasteiger partial charge in [0.25, 0.3) is 5.91 Å². The van der Waals surface area contributed by atoms with Gasteiger partial charge in [-0.3, -0.25) is 9.78 Å². The second kappa shape index (κ2) is 6.50. The number of piperazine rings is 1. The molecule has 1 fully saturated rings. The monoisotopic (exact) mass is 319 g/mol. The van der Waals surface area contributed by atoms with E-state index in [9.17, 15) is 4.79 Å². The number of carbonyl (C=O) groups is 1. The molecule has 2 aromatic rings. The van der Waals surface area contributed by atoms with Gasteiger partial charge in [-0.2, -0.15) is 0 Å². The summed E-state index contributed by atoms with van der Waals surface area (Å²) in [7, 11) is 0. The Kier molecular flexibility index (Phi) is 4.45. The molecule has 0 radical (unpaired) electrons. The fourth-order valence-corrected chi connectivity index (χ4v) is 2.88. The molecule has 1 amide bonds. The molecule has 116 valence electrons. The normalized spacial score (nSPS) is 18.5. The van der Waals surface area contributed by atoms with Crippen LogP contribution in [0, 0.1) is 0 Å². The van der Waals surface area contributed by atoms with E-state index in [-0.39, 0.29) is 18.6 Å². The second-order valence-electron chi connectivity index (χ2n) is 5.37. The largest absolute Gasteiger partial charge is 0.481 e. The Morgan fingerprint density at radius 1 is 1.50 bits per heavy atom. The molecule has 6 heteroatoms. The Balaban J connectivity index is 1.74. The maximum Gasteiger partial charge on any atom is 0.260 e. The van der Waals surface area contributed by atoms with E-state index in [1.54, 1.807) is 18.3 Å². The Bertz CT molecular complexity index is 692. The van der Waals surface area contributed by atoms with Crippen LogP contribution >= 0.6 is 11.6 Å². The number of nitrogens with one attached hydrogen (secondary N) is 1. The molecule has 1 aliphatic rings. The summed E-state index contributed by atoms with van der Waals surface area (Å²) in [6.45, 7) is 4.39. The number of ether oxygens (including phenoxy) is 1. The zero-order chi connectivity index (χ0) is 15.5. The van der Waals surface area contributed by atoms with Crippen molar-refractivity contribution in [3.05, 3.63) is 35.5 Å². The topological polar surface area (TPSA) is 54.5 Å². The van der Waals surface area contributed by atoms with Crippen molar-refractivity contribution in [1.82, 2.24) is 15.2 Å². The van der Waals surface area contributed by atoms with E-state index in [1.807, 2.05) is 24.0 Å². The van der Waals surface area contributed by atoms with Gasteiger partial charge in [0, 0.05) is 37.3 Å². The summed E-state index contributed by atoms with van der Waals surface area (Å²) in [6.07, 6.45) is 1.69. The maximum absolute atomic E-state index is 12.3. The van der Waals surface area contributed by atoms with Gasteiger partial charge < -0.3 is 15.0 Å². The summed E-state index contributed by atoms with van der Waals surface area (Å²) in [4.78, 5) is 18.5. The van der Waals surface area contributed by atoms with Crippen molar-refractivity contribution >= 4 is 28.4 Å². The van der Waals surface area contributed by atoms with Gasteiger partial charge >= 0.3 is 0 Å². The predicted octanol–water partition coefficient (Wildman–Crippen LogP) is 2.09. The molecule has 0 bridgehead atoms. The molecule has 1 aliphatic heterocycles. The number of amides is 1. The zero-order valence-electron chi connectivity index (χ0n) is 12.4. The van der Waals surface area contributed by atoms with E-state index >= 15 is 0 Å². The first-order valence-corrected chi connectivity index (χ1v) is 7.71. The first-order chi connectivity index (χ1) is 10.7. The number of hydrogen-bond acceptors (Lipinski definition) is 4. The summed E-state index contributed by atoms with van der Waals surface area (Å²) in [5.74, 6) is 0.573. The lowest BCUT2D eigenvalue weighted by atomic mass is 10.2. The summed E-state index contributed by atoms with van der Waals surface area (Å²) < 4.78 is 5.70. The molecule has 0 unspecified atom stereocenters. The van der Waals surface area contributed by atoms with Crippen LogP contribution in [-0.2, 0) is 4.79 Å². The van der Waals surface area contributed by atoms with Gasteiger partial charge in [0.1, 0.15) is 11.3 Å². The number of pyridine rings is 1. The van der Waals surface area contributed by atoms with Crippen LogP contribution in [0.25, 0.3) is 10.9 Å². The van der Waals surface area contributed by atoms with Gasteiger partial charge in [0.15, 0.2) is 6.61 Å². The van der Waals surface area contributed by atoms with E-state index in [0.29, 0.717) is 22.8 Å². The predicted molar refractivity (Wildman–Crippen MR) is 86.3 cm³/mol. The Morgan fingerprint density at radius 2 is 2.36 bits per heavy atom. The van der Waals surface area contributed by atoms with Crippen LogP contribution in [0.1, 0.15) is 6.92 Å². The molecule has 5 nitrogen and oxygen atoms in total. The van der Waals surface area contributed by atoms with Crippen LogP contribution in [0.3, 0.4) is 0 Å². The van der Waals surface area contributed by atoms with Crippen molar-refractivity contribution < 1.29 is 9.53 Å². The average molecular weight is 320 g/mol. The highest BCUT2D eigenvalue weighted by Crippen LogP contribution is 2.29. The van der Waals surface area contributed by atoms with Gasteiger partial charge in [-0.1, -0.05) is 11.6 Å². The third-order valence-electron chi connectivity index (χ3n) is 3.85. The molecule has 1 saturated heterocycles. The van der Waals surface area contributed by atoms with Crippen molar-refractivity contribution in [3.8, 4) is 5.75 Å². The minimum Gasteiger partial charge on any atom is -0.481 e. The summed E-state index contributed by atoms with van der Waals surface area (Å²) >= 11 is 6.15. The molecule has 1 aromatic heterocycles. The van der Waals surface area contributed by atoms with Crippen LogP contribution in [0.5, 0.6) is 5.75 Å². The molecule has 0 spiro atoms. The van der Waals surface area contributed by atoms with E-state index in [4.69, 9.17) is 16.3 Å². The third kappa shape index (κ3) is 3.00. The molecular weight excluding hydrogens is 302 g/mol. The van der Waals surface area contributed by atoms with Crippen molar-refractivity contribution in [3.63, 3.8) is 0 Å². The first-order valence-electron chi connectivity index (χ1n) is 7.33. The van der Waals surface area contributed by atoms with Crippen molar-refractivity contribution in [2.45, 2.75) is 13.0 Å². The number of carbonyl (C=O) groups excluding carboxylic acids is 1. The molecule has 1 aromatic carbocycles. The second-order valence-corrected chi connectivity index (χ2v) is 5.78. The van der Waals surface area contributed by atoms with Crippen molar-refractivity contribution in [2.75, 3.05) is 26.2 Å². The molecule has 1 N–H and O–H groups in total. The third-order valence-corrected chi connectivity index (χ3v) is 4.18. The number of aromatic nitrogens is 1. The highest BCUT2D eigenvalue weighted by atomic mass is 35.5. The van der Waals surface area contributed by atoms with Crippen LogP contribution in [0.15, 0.2) is 30.5 Å². The minimum atomic E-state index is -0.00645. The van der Waals surface area contributed by atoms with Crippen LogP contribution in [-0.4, -0.2) is 48.1 Å². The standard InChI is InChI=1S/C16H18ClN3O2/c1-11-9-18-7-8-20(11)15(21)10-22-14-5-4-13(17)12-3-2-6-19-16(12)14/h2-6,11,18H,7-10H2,1H3/t11-/m0/s1. The number of nitrogens with zero attached hydrogens (tertiary/aromatic N) is 2. The van der Waals surface area contributed by atoms with E-state index in [1.165, 1.54) is 0 Å². The van der Waals surface area contributed by atoms with Gasteiger partial charge in [-0.15, -0.1) is 0 Å². The lowest BCUT2D eigenvalue weighted by Crippen LogP contribution is -2.53. The molecule has 3 rings (SSSR count). The lowest BCUT2D eigenvalue weighted by molar-refractivity contribution is -0.136. The molecule has 2 heterocycles. The van der Waals surface area contributed by atoms with E-state index < -0.39 is 0 Å². The molecule has 0 aliphatic carbocycles. The van der Waals surface area contributed by atoms with Crippen LogP contribution in [0.2, 0.25) is 5.02 Å². The molecular formula is C16H18ClN3O2. The smallest absolute Gasteiger partial charge is 0.260 e. The van der Waals surface area contributed by atoms with Gasteiger partial charge in [-0.25, -0.2) is 0 Å². The minimum absolute atomic E-state index is 0.00645. The summed E-state index contributed by atoms with van der Waals surface area (Å²) in [6, 6.07) is 7.42. The number of benzene rings is 1. The molecule has 1 atom stereocenters. The number of hydrogen-bond donors (Lipinski definition) is 1. The number of rotatable bonds is 3. The summed E-state index contributed by atoms with van der Waals surface area (Å²) in [5.41, 5.74) is 0.677. The zero-order valence-corrected chi connectivity index (χ0v) is 13.1. The Labute approximate surface area is 134 Å². The fourth-order valence-electron chi connectivity index (χ4n) is 2.66. The van der Waals surface area contributed by atoms with Crippen LogP contribution < -0.4 is 10.1 Å². The van der Waals surface area contributed by atoms with Crippen molar-refractivity contribution in [2.24, 2.45) is 0 Å². The highest BCUT2D eigenvalue weighted by Gasteiger charge is 2.23. The molecule has 0 saturated carbocycles. The number of fused-ring (bicyclic) bond motifs is 1. The van der Waals surface area contributed by atoms with Gasteiger partial charge in [0.05, 0.1) is 5.02 Å².